The van der Waals surface area contributed by atoms with Crippen LogP contribution in [0.3, 0.4) is 0 Å². The lowest BCUT2D eigenvalue weighted by Gasteiger charge is -2.50. The van der Waals surface area contributed by atoms with Gasteiger partial charge in [-0.25, -0.2) is 0 Å². The zero-order chi connectivity index (χ0) is 56.1. The van der Waals surface area contributed by atoms with E-state index in [1.807, 2.05) is 0 Å². The number of rotatable bonds is 7. The first kappa shape index (κ1) is 61.7. The van der Waals surface area contributed by atoms with E-state index in [-0.39, 0.29) is 0 Å². The van der Waals surface area contributed by atoms with Crippen molar-refractivity contribution in [3.05, 3.63) is 0 Å². The van der Waals surface area contributed by atoms with Gasteiger partial charge in [0.25, 0.3) is 0 Å². The first-order chi connectivity index (χ1) is 36.7. The molecule has 0 spiro atoms. The molecule has 0 aromatic heterocycles. The molecule has 448 valence electrons. The van der Waals surface area contributed by atoms with Gasteiger partial charge in [-0.15, -0.1) is 0 Å². The lowest BCUT2D eigenvalue weighted by molar-refractivity contribution is -0.396. The van der Waals surface area contributed by atoms with E-state index >= 15 is 0 Å². The van der Waals surface area contributed by atoms with Crippen LogP contribution in [0.1, 0.15) is 0 Å². The van der Waals surface area contributed by atoms with Gasteiger partial charge in [-0.1, -0.05) is 0 Å². The summed E-state index contributed by atoms with van der Waals surface area (Å²) < 4.78 is 79.9. The Bertz CT molecular complexity index is 1470. The highest BCUT2D eigenvalue weighted by atomic mass is 16.8. The Kier molecular flexibility index (Phi) is 20.8. The summed E-state index contributed by atoms with van der Waals surface area (Å²) in [6, 6.07) is -1.67. The van der Waals surface area contributed by atoms with Gasteiger partial charge < -0.3 is 174 Å². The van der Waals surface area contributed by atoms with Gasteiger partial charge in [-0.3, -0.25) is 0 Å². The molecular formula is C42H71NO34. The van der Waals surface area contributed by atoms with Gasteiger partial charge in [0.1, 0.15) is 165 Å². The number of aliphatic hydroxyl groups excluding tert-OH is 20. The van der Waals surface area contributed by atoms with Crippen LogP contribution in [0.5, 0.6) is 0 Å². The van der Waals surface area contributed by atoms with E-state index in [0.29, 0.717) is 0 Å². The molecule has 14 bridgehead atoms. The molecule has 0 saturated carbocycles. The summed E-state index contributed by atoms with van der Waals surface area (Å²) in [5, 5.41) is 219. The van der Waals surface area contributed by atoms with Crippen LogP contribution in [-0.4, -0.2) is 363 Å². The van der Waals surface area contributed by atoms with Crippen LogP contribution in [0.15, 0.2) is 0 Å². The average molecular weight is 1130 g/mol. The predicted octanol–water partition coefficient (Wildman–Crippen LogP) is -15.3. The minimum absolute atomic E-state index is 0.967. The van der Waals surface area contributed by atoms with E-state index in [0.717, 1.165) is 0 Å². The Labute approximate surface area is 434 Å². The summed E-state index contributed by atoms with van der Waals surface area (Å²) in [6.07, 6.45) is -66.7. The van der Waals surface area contributed by atoms with Crippen molar-refractivity contribution >= 4 is 0 Å². The molecule has 22 N–H and O–H groups in total. The van der Waals surface area contributed by atoms with Crippen LogP contribution in [0.25, 0.3) is 0 Å². The number of aliphatic hydroxyl groups is 20. The second kappa shape index (κ2) is 26.0. The van der Waals surface area contributed by atoms with Crippen LogP contribution in [0.4, 0.5) is 0 Å². The van der Waals surface area contributed by atoms with Crippen molar-refractivity contribution in [3.63, 3.8) is 0 Å². The van der Waals surface area contributed by atoms with Gasteiger partial charge in [-0.2, -0.15) is 0 Å². The Morgan fingerprint density at radius 3 is 0.506 bits per heavy atom. The maximum Gasteiger partial charge on any atom is 0.187 e. The second-order valence-corrected chi connectivity index (χ2v) is 19.7. The number of hydrogen-bond donors (Lipinski definition) is 21. The van der Waals surface area contributed by atoms with Gasteiger partial charge in [0.2, 0.25) is 0 Å². The van der Waals surface area contributed by atoms with E-state index < -0.39 is 261 Å². The topological polar surface area (TPSA) is 560 Å². The van der Waals surface area contributed by atoms with Gasteiger partial charge in [0.05, 0.1) is 52.3 Å². The third-order valence-electron chi connectivity index (χ3n) is 14.9. The lowest BCUT2D eigenvalue weighted by Crippen LogP contribution is -2.69. The Balaban J connectivity index is 1.08. The molecule has 77 heavy (non-hydrogen) atoms. The summed E-state index contributed by atoms with van der Waals surface area (Å²) in [5.41, 5.74) is 6.35. The van der Waals surface area contributed by atoms with E-state index in [1.54, 1.807) is 0 Å². The second-order valence-electron chi connectivity index (χ2n) is 19.7. The van der Waals surface area contributed by atoms with Gasteiger partial charge >= 0.3 is 0 Å². The molecule has 0 aromatic carbocycles. The highest BCUT2D eigenvalue weighted by Gasteiger charge is 2.59. The van der Waals surface area contributed by atoms with Crippen LogP contribution >= 0.6 is 0 Å². The van der Waals surface area contributed by atoms with Crippen molar-refractivity contribution < 1.29 is 168 Å². The number of nitrogens with two attached hydrogens (primary N) is 1. The minimum atomic E-state index is -2.20. The monoisotopic (exact) mass is 1130 g/mol. The highest BCUT2D eigenvalue weighted by molar-refractivity contribution is 5.02. The van der Waals surface area contributed by atoms with E-state index in [4.69, 9.17) is 72.0 Å². The average Bonchev–Trinajstić information content (AvgIpc) is 3.45. The van der Waals surface area contributed by atoms with Crippen molar-refractivity contribution in [2.45, 2.75) is 215 Å². The Morgan fingerprint density at radius 1 is 0.195 bits per heavy atom. The first-order valence-corrected chi connectivity index (χ1v) is 24.7. The van der Waals surface area contributed by atoms with Crippen LogP contribution < -0.4 is 5.73 Å². The fraction of sp³-hybridized carbons (Fsp3) is 1.00. The van der Waals surface area contributed by atoms with E-state index in [2.05, 4.69) is 0 Å². The van der Waals surface area contributed by atoms with Crippen LogP contribution in [0.2, 0.25) is 0 Å². The van der Waals surface area contributed by atoms with Crippen molar-refractivity contribution in [2.75, 3.05) is 46.2 Å². The lowest BCUT2D eigenvalue weighted by atomic mass is 9.94. The largest absolute Gasteiger partial charge is 0.394 e. The van der Waals surface area contributed by atoms with Crippen molar-refractivity contribution in [3.8, 4) is 0 Å². The van der Waals surface area contributed by atoms with Crippen molar-refractivity contribution in [2.24, 2.45) is 5.73 Å². The molecule has 35 nitrogen and oxygen atoms in total. The highest BCUT2D eigenvalue weighted by Crippen LogP contribution is 2.38. The predicted molar refractivity (Wildman–Crippen MR) is 230 cm³/mol. The van der Waals surface area contributed by atoms with Crippen LogP contribution in [0, 0.1) is 0 Å². The molecule has 21 heterocycles. The van der Waals surface area contributed by atoms with Crippen molar-refractivity contribution in [1.29, 1.82) is 0 Å². The molecule has 21 saturated heterocycles. The molecule has 21 aliphatic rings. The minimum Gasteiger partial charge on any atom is -0.394 e. The zero-order valence-electron chi connectivity index (χ0n) is 40.4. The molecule has 21 fully saturated rings. The molecule has 0 unspecified atom stereocenters. The summed E-state index contributed by atoms with van der Waals surface area (Å²) in [6.45, 7) is -7.15. The molecule has 0 radical (unpaired) electrons. The summed E-state index contributed by atoms with van der Waals surface area (Å²) in [7, 11) is 0. The van der Waals surface area contributed by atoms with E-state index in [9.17, 15) is 102 Å². The fourth-order valence-electron chi connectivity index (χ4n) is 10.5. The van der Waals surface area contributed by atoms with Gasteiger partial charge in [-0.05, 0) is 0 Å². The Morgan fingerprint density at radius 2 is 0.338 bits per heavy atom. The third-order valence-corrected chi connectivity index (χ3v) is 14.9. The molecular weight excluding hydrogens is 1060 g/mol. The Hall–Kier alpha value is -1.40. The summed E-state index contributed by atoms with van der Waals surface area (Å²) in [4.78, 5) is 0. The maximum absolute atomic E-state index is 11.4. The third kappa shape index (κ3) is 12.1. The molecule has 35 atom stereocenters. The summed E-state index contributed by atoms with van der Waals surface area (Å²) >= 11 is 0. The number of hydrogen-bond acceptors (Lipinski definition) is 35. The quantitative estimate of drug-likeness (QED) is 0.113. The number of ether oxygens (including phenoxy) is 14. The molecule has 0 amide bonds. The van der Waals surface area contributed by atoms with Crippen molar-refractivity contribution in [1.82, 2.24) is 0 Å². The molecule has 35 heteroatoms. The van der Waals surface area contributed by atoms with E-state index in [1.165, 1.54) is 0 Å². The van der Waals surface area contributed by atoms with Crippen LogP contribution in [-0.2, 0) is 66.3 Å². The normalized spacial score (nSPS) is 55.4. The molecule has 21 rings (SSSR count). The molecule has 0 aliphatic carbocycles. The summed E-state index contributed by atoms with van der Waals surface area (Å²) in [5.74, 6) is 0. The molecule has 21 aliphatic heterocycles. The van der Waals surface area contributed by atoms with Gasteiger partial charge in [0, 0.05) is 0 Å². The maximum atomic E-state index is 11.4. The zero-order valence-corrected chi connectivity index (χ0v) is 40.4. The fourth-order valence-corrected chi connectivity index (χ4v) is 10.5. The standard InChI is InChI=1S/C42H71NO34/c43-15-16(51)36-64-8(1-44)29(15)71-37-23(58)17(52)31(10(3-46)65-37)73-39-25(60)19(54)33(12(5-48)67-39)75-41-27(62)21(56)35(14(7-50)69-41)77-42-28(63)22(57)34(13(6-49)70-42)76-40-26(61)20(55)32(11(4-47)68-40)74-38-24(59)18(53)30(72-36)9(2-45)66-38/h8-42,44-63H,1-7,43H2/t8-,9-,10-,11+,12-,13-,14-,15+,16+,17-,18-,19+,20-,21+,22-,23-,24-,25+,26-,27+,28-,29-,30-,31-,32-,33-,34-,35-,36-,37-,38-,39-,40-,41-,42-/m1/s1. The molecule has 0 aromatic rings. The van der Waals surface area contributed by atoms with Gasteiger partial charge in [0.15, 0.2) is 44.0 Å². The first-order valence-electron chi connectivity index (χ1n) is 24.7. The smallest absolute Gasteiger partial charge is 0.187 e. The SMILES string of the molecule is N[C@H]1[C@H](O)[C@H]2O[C@H]3[C@H](O)[C@@H](O)[C@@H](O[C@H]4[C@H](O)[C@@H](O)[C@@H](O[C@H]5[C@H](O)[C@@H](O)[C@@H](O[C@H]6[C@@H](O)[C@H](O)[C@@H](O[C@H]7[C@@H](O)[C@H](O)[C@@H](O[C@H]8[C@H](O)[C@@H](O)[C@@H](O[C@@H]1[C@@H](CO)O2)O[C@@H]8CO)O[C@@H]7CO)O[C@@H]6CO)O[C@@H]5CO)O[C@H]4CO)O[C@@H]3CO.